The van der Waals surface area contributed by atoms with Crippen LogP contribution in [-0.2, 0) is 9.47 Å². The second kappa shape index (κ2) is 10.7. The van der Waals surface area contributed by atoms with Crippen LogP contribution in [0.4, 0.5) is 0 Å². The fourth-order valence-corrected chi connectivity index (χ4v) is 1.57. The van der Waals surface area contributed by atoms with E-state index in [1.165, 1.54) is 0 Å². The quantitative estimate of drug-likeness (QED) is 0.429. The minimum absolute atomic E-state index is 0.558. The molecule has 92 valence electrons. The van der Waals surface area contributed by atoms with Gasteiger partial charge in [-0.05, 0) is 20.3 Å². The van der Waals surface area contributed by atoms with Crippen LogP contribution in [0.2, 0.25) is 0 Å². The Hall–Kier alpha value is 0.170. The Labute approximate surface area is 98.7 Å². The minimum atomic E-state index is 0.558. The summed E-state index contributed by atoms with van der Waals surface area (Å²) in [6.45, 7) is 8.56. The third-order valence-corrected chi connectivity index (χ3v) is 2.44. The molecule has 0 aromatic rings. The molecule has 3 nitrogen and oxygen atoms in total. The highest BCUT2D eigenvalue weighted by Gasteiger charge is 2.07. The maximum Gasteiger partial charge on any atom is 0.0700 e. The maximum absolute atomic E-state index is 5.73. The number of halogens is 1. The van der Waals surface area contributed by atoms with Crippen molar-refractivity contribution in [2.75, 3.05) is 45.9 Å². The van der Waals surface area contributed by atoms with Crippen molar-refractivity contribution in [2.24, 2.45) is 0 Å². The van der Waals surface area contributed by atoms with Crippen LogP contribution in [0.1, 0.15) is 20.3 Å². The van der Waals surface area contributed by atoms with Gasteiger partial charge in [-0.3, -0.25) is 4.90 Å². The zero-order chi connectivity index (χ0) is 11.5. The summed E-state index contributed by atoms with van der Waals surface area (Å²) < 4.78 is 10.3. The first-order valence-corrected chi connectivity index (χ1v) is 6.12. The summed E-state index contributed by atoms with van der Waals surface area (Å²) in [6.07, 6.45) is 1.05. The zero-order valence-electron chi connectivity index (χ0n) is 10.2. The van der Waals surface area contributed by atoms with Crippen molar-refractivity contribution in [3.05, 3.63) is 0 Å². The van der Waals surface area contributed by atoms with Gasteiger partial charge in [0, 0.05) is 38.7 Å². The van der Waals surface area contributed by atoms with Gasteiger partial charge in [0.25, 0.3) is 0 Å². The van der Waals surface area contributed by atoms with E-state index in [9.17, 15) is 0 Å². The second-order valence-corrected chi connectivity index (χ2v) is 4.16. The fourth-order valence-electron chi connectivity index (χ4n) is 1.35. The van der Waals surface area contributed by atoms with E-state index in [0.29, 0.717) is 25.1 Å². The van der Waals surface area contributed by atoms with Crippen molar-refractivity contribution in [3.8, 4) is 0 Å². The Bertz CT molecular complexity index is 134. The van der Waals surface area contributed by atoms with Crippen molar-refractivity contribution >= 4 is 11.6 Å². The van der Waals surface area contributed by atoms with Gasteiger partial charge in [-0.1, -0.05) is 0 Å². The summed E-state index contributed by atoms with van der Waals surface area (Å²) in [6, 6.07) is 0.558. The molecule has 0 atom stereocenters. The molecule has 0 aliphatic carbocycles. The van der Waals surface area contributed by atoms with Crippen LogP contribution < -0.4 is 0 Å². The lowest BCUT2D eigenvalue weighted by atomic mass is 10.3. The highest BCUT2D eigenvalue weighted by Crippen LogP contribution is 2.00. The van der Waals surface area contributed by atoms with E-state index in [4.69, 9.17) is 21.1 Å². The first kappa shape index (κ1) is 15.2. The monoisotopic (exact) mass is 237 g/mol. The standard InChI is InChI=1S/C11H24ClNO2/c1-11(2)13(7-5-12)6-4-8-15-10-9-14-3/h11H,4-10H2,1-3H3. The van der Waals surface area contributed by atoms with Gasteiger partial charge in [0.1, 0.15) is 0 Å². The largest absolute Gasteiger partial charge is 0.382 e. The number of ether oxygens (including phenoxy) is 2. The van der Waals surface area contributed by atoms with Crippen LogP contribution in [0.3, 0.4) is 0 Å². The predicted molar refractivity (Wildman–Crippen MR) is 64.7 cm³/mol. The van der Waals surface area contributed by atoms with E-state index < -0.39 is 0 Å². The van der Waals surface area contributed by atoms with Gasteiger partial charge in [-0.2, -0.15) is 0 Å². The van der Waals surface area contributed by atoms with Crippen molar-refractivity contribution in [3.63, 3.8) is 0 Å². The molecule has 0 heterocycles. The number of hydrogen-bond donors (Lipinski definition) is 0. The predicted octanol–water partition coefficient (Wildman–Crippen LogP) is 1.99. The molecule has 0 rings (SSSR count). The van der Waals surface area contributed by atoms with Crippen LogP contribution in [0.5, 0.6) is 0 Å². The smallest absolute Gasteiger partial charge is 0.0700 e. The average Bonchev–Trinajstić information content (AvgIpc) is 2.21. The summed E-state index contributed by atoms with van der Waals surface area (Å²) in [5, 5.41) is 0. The van der Waals surface area contributed by atoms with Gasteiger partial charge in [-0.25, -0.2) is 0 Å². The van der Waals surface area contributed by atoms with Crippen LogP contribution in [0.15, 0.2) is 0 Å². The number of hydrogen-bond acceptors (Lipinski definition) is 3. The first-order valence-electron chi connectivity index (χ1n) is 5.59. The van der Waals surface area contributed by atoms with Gasteiger partial charge < -0.3 is 9.47 Å². The molecule has 0 bridgehead atoms. The molecule has 0 aliphatic heterocycles. The Morgan fingerprint density at radius 2 is 1.87 bits per heavy atom. The lowest BCUT2D eigenvalue weighted by Crippen LogP contribution is -2.34. The molecule has 0 radical (unpaired) electrons. The SMILES string of the molecule is COCCOCCCN(CCCl)C(C)C. The molecule has 4 heteroatoms. The summed E-state index contributed by atoms with van der Waals surface area (Å²) >= 11 is 5.73. The van der Waals surface area contributed by atoms with Crippen LogP contribution in [0.25, 0.3) is 0 Å². The summed E-state index contributed by atoms with van der Waals surface area (Å²) in [7, 11) is 1.68. The van der Waals surface area contributed by atoms with E-state index in [1.807, 2.05) is 0 Å². The molecule has 0 unspecified atom stereocenters. The van der Waals surface area contributed by atoms with Crippen molar-refractivity contribution in [1.29, 1.82) is 0 Å². The molecule has 0 aromatic heterocycles. The van der Waals surface area contributed by atoms with Crippen molar-refractivity contribution < 1.29 is 9.47 Å². The zero-order valence-corrected chi connectivity index (χ0v) is 10.9. The van der Waals surface area contributed by atoms with Crippen molar-refractivity contribution in [1.82, 2.24) is 4.90 Å². The van der Waals surface area contributed by atoms with E-state index in [2.05, 4.69) is 18.7 Å². The second-order valence-electron chi connectivity index (χ2n) is 3.78. The first-order chi connectivity index (χ1) is 7.22. The Balaban J connectivity index is 3.37. The molecule has 0 aromatic carbocycles. The normalized spacial score (nSPS) is 11.6. The molecule has 0 saturated carbocycles. The Morgan fingerprint density at radius 1 is 1.13 bits per heavy atom. The van der Waals surface area contributed by atoms with E-state index >= 15 is 0 Å². The third-order valence-electron chi connectivity index (χ3n) is 2.27. The molecule has 0 aliphatic rings. The number of rotatable bonds is 10. The number of nitrogens with zero attached hydrogens (tertiary/aromatic N) is 1. The molecular formula is C11H24ClNO2. The van der Waals surface area contributed by atoms with Crippen LogP contribution in [0, 0.1) is 0 Å². The van der Waals surface area contributed by atoms with Crippen molar-refractivity contribution in [2.45, 2.75) is 26.3 Å². The minimum Gasteiger partial charge on any atom is -0.382 e. The Kier molecular flexibility index (Phi) is 10.8. The third kappa shape index (κ3) is 9.12. The molecule has 15 heavy (non-hydrogen) atoms. The molecule has 0 N–H and O–H groups in total. The van der Waals surface area contributed by atoms with Gasteiger partial charge in [-0.15, -0.1) is 11.6 Å². The lowest BCUT2D eigenvalue weighted by Gasteiger charge is -2.25. The molecule has 0 spiro atoms. The van der Waals surface area contributed by atoms with Crippen LogP contribution in [-0.4, -0.2) is 56.8 Å². The number of alkyl halides is 1. The van der Waals surface area contributed by atoms with E-state index in [0.717, 1.165) is 26.1 Å². The molecule has 0 amide bonds. The van der Waals surface area contributed by atoms with E-state index in [-0.39, 0.29) is 0 Å². The highest BCUT2D eigenvalue weighted by molar-refractivity contribution is 6.18. The molecular weight excluding hydrogens is 214 g/mol. The summed E-state index contributed by atoms with van der Waals surface area (Å²) in [4.78, 5) is 2.37. The van der Waals surface area contributed by atoms with Gasteiger partial charge >= 0.3 is 0 Å². The molecule has 0 fully saturated rings. The lowest BCUT2D eigenvalue weighted by molar-refractivity contribution is 0.0640. The van der Waals surface area contributed by atoms with Gasteiger partial charge in [0.2, 0.25) is 0 Å². The Morgan fingerprint density at radius 3 is 2.40 bits per heavy atom. The number of methoxy groups -OCH3 is 1. The fraction of sp³-hybridized carbons (Fsp3) is 1.00. The van der Waals surface area contributed by atoms with Crippen LogP contribution >= 0.6 is 11.6 Å². The maximum atomic E-state index is 5.73. The summed E-state index contributed by atoms with van der Waals surface area (Å²) in [5.74, 6) is 0.697. The van der Waals surface area contributed by atoms with Gasteiger partial charge in [0.15, 0.2) is 0 Å². The topological polar surface area (TPSA) is 21.7 Å². The molecule has 0 saturated heterocycles. The summed E-state index contributed by atoms with van der Waals surface area (Å²) in [5.41, 5.74) is 0. The average molecular weight is 238 g/mol. The van der Waals surface area contributed by atoms with Gasteiger partial charge in [0.05, 0.1) is 13.2 Å². The highest BCUT2D eigenvalue weighted by atomic mass is 35.5. The van der Waals surface area contributed by atoms with E-state index in [1.54, 1.807) is 7.11 Å².